The van der Waals surface area contributed by atoms with Crippen LogP contribution in [0.25, 0.3) is 0 Å². The molecule has 0 amide bonds. The Morgan fingerprint density at radius 2 is 1.68 bits per heavy atom. The molecule has 0 atom stereocenters. The fourth-order valence-electron chi connectivity index (χ4n) is 1.86. The minimum atomic E-state index is -1.37. The maximum absolute atomic E-state index is 12.2. The molecule has 0 aliphatic heterocycles. The second-order valence-electron chi connectivity index (χ2n) is 4.36. The van der Waals surface area contributed by atoms with Gasteiger partial charge >= 0.3 is 11.9 Å². The summed E-state index contributed by atoms with van der Waals surface area (Å²) >= 11 is 0. The second-order valence-corrected chi connectivity index (χ2v) is 4.36. The van der Waals surface area contributed by atoms with Gasteiger partial charge in [0.15, 0.2) is 5.41 Å². The van der Waals surface area contributed by atoms with Crippen molar-refractivity contribution in [3.63, 3.8) is 0 Å². The normalized spacial score (nSPS) is 10.4. The third-order valence-corrected chi connectivity index (χ3v) is 2.63. The van der Waals surface area contributed by atoms with Crippen molar-refractivity contribution in [3.8, 4) is 12.3 Å². The van der Waals surface area contributed by atoms with Gasteiger partial charge in [-0.15, -0.1) is 18.9 Å². The van der Waals surface area contributed by atoms with Gasteiger partial charge in [0.05, 0.1) is 13.2 Å². The molecule has 19 heavy (non-hydrogen) atoms. The summed E-state index contributed by atoms with van der Waals surface area (Å²) in [6.45, 7) is 9.30. The molecule has 0 radical (unpaired) electrons. The first-order valence-corrected chi connectivity index (χ1v) is 6.36. The van der Waals surface area contributed by atoms with Crippen molar-refractivity contribution in [1.29, 1.82) is 0 Å². The van der Waals surface area contributed by atoms with Gasteiger partial charge in [0, 0.05) is 6.42 Å². The Hall–Kier alpha value is -1.76. The van der Waals surface area contributed by atoms with E-state index in [9.17, 15) is 9.59 Å². The van der Waals surface area contributed by atoms with E-state index in [1.54, 1.807) is 20.8 Å². The van der Waals surface area contributed by atoms with Crippen molar-refractivity contribution < 1.29 is 19.1 Å². The average molecular weight is 266 g/mol. The van der Waals surface area contributed by atoms with Gasteiger partial charge in [0.25, 0.3) is 0 Å². The Morgan fingerprint density at radius 3 is 2.00 bits per heavy atom. The molecule has 0 aliphatic rings. The van der Waals surface area contributed by atoms with Crippen molar-refractivity contribution in [2.45, 2.75) is 40.0 Å². The largest absolute Gasteiger partial charge is 0.465 e. The molecule has 0 saturated heterocycles. The molecule has 0 unspecified atom stereocenters. The molecule has 0 fully saturated rings. The molecule has 0 spiro atoms. The Kier molecular flexibility index (Phi) is 7.59. The van der Waals surface area contributed by atoms with E-state index in [-0.39, 0.29) is 26.1 Å². The van der Waals surface area contributed by atoms with E-state index < -0.39 is 17.4 Å². The summed E-state index contributed by atoms with van der Waals surface area (Å²) in [5.74, 6) is 1.26. The van der Waals surface area contributed by atoms with Crippen LogP contribution in [0.15, 0.2) is 12.2 Å². The molecule has 0 saturated carbocycles. The van der Waals surface area contributed by atoms with Crippen molar-refractivity contribution in [3.05, 3.63) is 12.2 Å². The fourth-order valence-corrected chi connectivity index (χ4v) is 1.86. The molecule has 0 N–H and O–H groups in total. The summed E-state index contributed by atoms with van der Waals surface area (Å²) < 4.78 is 10.0. The molecule has 0 aromatic rings. The summed E-state index contributed by atoms with van der Waals surface area (Å²) in [4.78, 5) is 24.4. The number of hydrogen-bond donors (Lipinski definition) is 0. The van der Waals surface area contributed by atoms with E-state index >= 15 is 0 Å². The summed E-state index contributed by atoms with van der Waals surface area (Å²) in [5, 5.41) is 0. The highest BCUT2D eigenvalue weighted by Gasteiger charge is 2.48. The summed E-state index contributed by atoms with van der Waals surface area (Å²) in [6, 6.07) is 0. The quantitative estimate of drug-likeness (QED) is 0.293. The minimum absolute atomic E-state index is 0.187. The lowest BCUT2D eigenvalue weighted by Crippen LogP contribution is -2.42. The zero-order valence-electron chi connectivity index (χ0n) is 12.0. The fraction of sp³-hybridized carbons (Fsp3) is 0.600. The Balaban J connectivity index is 5.42. The van der Waals surface area contributed by atoms with Crippen molar-refractivity contribution >= 4 is 11.9 Å². The van der Waals surface area contributed by atoms with Crippen molar-refractivity contribution in [1.82, 2.24) is 0 Å². The van der Waals surface area contributed by atoms with Gasteiger partial charge in [0.1, 0.15) is 0 Å². The highest BCUT2D eigenvalue weighted by Crippen LogP contribution is 2.34. The molecule has 106 valence electrons. The molecule has 0 heterocycles. The van der Waals surface area contributed by atoms with Gasteiger partial charge in [-0.3, -0.25) is 9.59 Å². The highest BCUT2D eigenvalue weighted by molar-refractivity contribution is 6.00. The standard InChI is InChI=1S/C15H22O4/c1-6-9-10-15(11-12(4)5,13(16)18-7-2)14(17)19-8-3/h1H,4,7-11H2,2-3,5H3. The molecular weight excluding hydrogens is 244 g/mol. The summed E-state index contributed by atoms with van der Waals surface area (Å²) in [7, 11) is 0. The number of ether oxygens (including phenoxy) is 2. The lowest BCUT2D eigenvalue weighted by atomic mass is 9.78. The maximum atomic E-state index is 12.2. The predicted octanol–water partition coefficient (Wildman–Crippen LogP) is 2.48. The average Bonchev–Trinajstić information content (AvgIpc) is 2.34. The molecule has 0 aromatic carbocycles. The zero-order chi connectivity index (χ0) is 14.9. The second kappa shape index (κ2) is 8.36. The smallest absolute Gasteiger partial charge is 0.323 e. The molecule has 0 aromatic heterocycles. The number of carbonyl (C=O) groups excluding carboxylic acids is 2. The van der Waals surface area contributed by atoms with Gasteiger partial charge in [-0.1, -0.05) is 5.57 Å². The van der Waals surface area contributed by atoms with Crippen LogP contribution in [0, 0.1) is 17.8 Å². The SMILES string of the molecule is C#CCCC(CC(=C)C)(C(=O)OCC)C(=O)OCC. The van der Waals surface area contributed by atoms with E-state index in [1.807, 2.05) is 0 Å². The monoisotopic (exact) mass is 266 g/mol. The third-order valence-electron chi connectivity index (χ3n) is 2.63. The van der Waals surface area contributed by atoms with Crippen LogP contribution in [0.3, 0.4) is 0 Å². The lowest BCUT2D eigenvalue weighted by Gasteiger charge is -2.28. The van der Waals surface area contributed by atoms with E-state index in [1.165, 1.54) is 0 Å². The third kappa shape index (κ3) is 4.78. The number of terminal acetylenes is 1. The number of hydrogen-bond acceptors (Lipinski definition) is 4. The maximum Gasteiger partial charge on any atom is 0.323 e. The lowest BCUT2D eigenvalue weighted by molar-refractivity contribution is -0.172. The zero-order valence-corrected chi connectivity index (χ0v) is 12.0. The van der Waals surface area contributed by atoms with Gasteiger partial charge in [-0.2, -0.15) is 0 Å². The molecular formula is C15H22O4. The molecule has 0 aliphatic carbocycles. The molecule has 4 heteroatoms. The summed E-state index contributed by atoms with van der Waals surface area (Å²) in [6.07, 6.45) is 5.92. The molecule has 0 rings (SSSR count). The first-order valence-electron chi connectivity index (χ1n) is 6.36. The number of esters is 2. The van der Waals surface area contributed by atoms with Crippen LogP contribution in [0.4, 0.5) is 0 Å². The summed E-state index contributed by atoms with van der Waals surface area (Å²) in [5.41, 5.74) is -0.664. The Labute approximate surface area is 115 Å². The van der Waals surface area contributed by atoms with Gasteiger partial charge in [0.2, 0.25) is 0 Å². The van der Waals surface area contributed by atoms with Crippen LogP contribution in [0.5, 0.6) is 0 Å². The topological polar surface area (TPSA) is 52.6 Å². The number of rotatable bonds is 8. The highest BCUT2D eigenvalue weighted by atomic mass is 16.6. The Morgan fingerprint density at radius 1 is 1.21 bits per heavy atom. The first kappa shape index (κ1) is 17.2. The number of carbonyl (C=O) groups is 2. The molecule has 0 bridgehead atoms. The van der Waals surface area contributed by atoms with Crippen molar-refractivity contribution in [2.24, 2.45) is 5.41 Å². The van der Waals surface area contributed by atoms with Gasteiger partial charge in [-0.05, 0) is 33.6 Å². The minimum Gasteiger partial charge on any atom is -0.465 e. The van der Waals surface area contributed by atoms with E-state index in [4.69, 9.17) is 15.9 Å². The van der Waals surface area contributed by atoms with Crippen LogP contribution in [0.1, 0.15) is 40.0 Å². The first-order chi connectivity index (χ1) is 8.94. The van der Waals surface area contributed by atoms with E-state index in [2.05, 4.69) is 12.5 Å². The Bertz CT molecular complexity index is 358. The van der Waals surface area contributed by atoms with E-state index in [0.717, 1.165) is 0 Å². The van der Waals surface area contributed by atoms with Crippen LogP contribution < -0.4 is 0 Å². The van der Waals surface area contributed by atoms with Crippen LogP contribution in [-0.4, -0.2) is 25.2 Å². The predicted molar refractivity (Wildman–Crippen MR) is 73.2 cm³/mol. The van der Waals surface area contributed by atoms with Gasteiger partial charge < -0.3 is 9.47 Å². The van der Waals surface area contributed by atoms with Crippen LogP contribution in [-0.2, 0) is 19.1 Å². The van der Waals surface area contributed by atoms with Crippen molar-refractivity contribution in [2.75, 3.05) is 13.2 Å². The van der Waals surface area contributed by atoms with Gasteiger partial charge in [-0.25, -0.2) is 0 Å². The van der Waals surface area contributed by atoms with E-state index in [0.29, 0.717) is 12.0 Å². The van der Waals surface area contributed by atoms with Crippen LogP contribution >= 0.6 is 0 Å². The van der Waals surface area contributed by atoms with Crippen LogP contribution in [0.2, 0.25) is 0 Å². The molecule has 4 nitrogen and oxygen atoms in total. The number of allylic oxidation sites excluding steroid dienone is 1.